The predicted molar refractivity (Wildman–Crippen MR) is 86.7 cm³/mol. The first-order valence-corrected chi connectivity index (χ1v) is 8.27. The van der Waals surface area contributed by atoms with Crippen molar-refractivity contribution in [2.75, 3.05) is 11.6 Å². The Kier molecular flexibility index (Phi) is 2.65. The van der Waals surface area contributed by atoms with E-state index in [0.29, 0.717) is 24.7 Å². The third-order valence-corrected chi connectivity index (χ3v) is 5.63. The number of anilines is 1. The van der Waals surface area contributed by atoms with Crippen LogP contribution in [0.15, 0.2) is 52.6 Å². The van der Waals surface area contributed by atoms with E-state index in [1.165, 1.54) is 11.3 Å². The van der Waals surface area contributed by atoms with Crippen LogP contribution in [0.4, 0.5) is 5.69 Å². The highest BCUT2D eigenvalue weighted by molar-refractivity contribution is 6.30. The van der Waals surface area contributed by atoms with Crippen LogP contribution in [-0.2, 0) is 6.42 Å². The first-order valence-electron chi connectivity index (χ1n) is 7.89. The lowest BCUT2D eigenvalue weighted by Crippen LogP contribution is -2.45. The molecule has 3 unspecified atom stereocenters. The molecule has 0 aromatic heterocycles. The Morgan fingerprint density at radius 1 is 1.14 bits per heavy atom. The van der Waals surface area contributed by atoms with Crippen molar-refractivity contribution in [3.05, 3.63) is 53.0 Å². The van der Waals surface area contributed by atoms with Crippen molar-refractivity contribution < 1.29 is 0 Å². The Morgan fingerprint density at radius 3 is 3.00 bits per heavy atom. The molecule has 0 fully saturated rings. The van der Waals surface area contributed by atoms with Gasteiger partial charge in [-0.25, -0.2) is 0 Å². The number of fused-ring (bicyclic) bond motifs is 7. The summed E-state index contributed by atoms with van der Waals surface area (Å²) in [5, 5.41) is 9.43. The summed E-state index contributed by atoms with van der Waals surface area (Å²) in [5.74, 6) is 1.61. The molecule has 0 saturated carbocycles. The number of hydrogen-bond acceptors (Lipinski definition) is 4. The second-order valence-electron chi connectivity index (χ2n) is 6.47. The van der Waals surface area contributed by atoms with Crippen molar-refractivity contribution >= 4 is 17.3 Å². The number of halogens is 1. The van der Waals surface area contributed by atoms with E-state index in [1.807, 2.05) is 6.07 Å². The standard InChI is InChI=1S/C17H17ClN4/c18-12-6-5-11-7-16-13-3-1-2-4-14(13)22-10-19-20-17(22)9-21(16)15(11)8-12/h1-2,5-6,8-9,13-14,16H,3-4,7,10H2. The molecule has 4 nitrogen and oxygen atoms in total. The molecule has 0 spiro atoms. The zero-order valence-electron chi connectivity index (χ0n) is 12.2. The molecule has 1 aromatic rings. The Morgan fingerprint density at radius 2 is 2.05 bits per heavy atom. The van der Waals surface area contributed by atoms with Gasteiger partial charge < -0.3 is 9.80 Å². The van der Waals surface area contributed by atoms with Gasteiger partial charge in [-0.05, 0) is 37.0 Å². The van der Waals surface area contributed by atoms with Crippen LogP contribution in [0, 0.1) is 5.92 Å². The monoisotopic (exact) mass is 312 g/mol. The van der Waals surface area contributed by atoms with E-state index in [9.17, 15) is 0 Å². The molecule has 3 atom stereocenters. The van der Waals surface area contributed by atoms with Crippen molar-refractivity contribution in [1.82, 2.24) is 4.90 Å². The molecular formula is C17H17ClN4. The molecule has 0 radical (unpaired) electrons. The lowest BCUT2D eigenvalue weighted by atomic mass is 9.81. The summed E-state index contributed by atoms with van der Waals surface area (Å²) in [6.45, 7) is 0.698. The van der Waals surface area contributed by atoms with Gasteiger partial charge in [-0.2, -0.15) is 5.11 Å². The van der Waals surface area contributed by atoms with Crippen molar-refractivity contribution in [3.8, 4) is 0 Å². The number of allylic oxidation sites excluding steroid dienone is 1. The number of benzene rings is 1. The van der Waals surface area contributed by atoms with Gasteiger partial charge in [0.1, 0.15) is 6.67 Å². The Balaban J connectivity index is 1.66. The molecule has 0 N–H and O–H groups in total. The van der Waals surface area contributed by atoms with Crippen LogP contribution >= 0.6 is 11.6 Å². The molecular weight excluding hydrogens is 296 g/mol. The zero-order valence-corrected chi connectivity index (χ0v) is 12.9. The number of rotatable bonds is 0. The largest absolute Gasteiger partial charge is 0.340 e. The normalized spacial score (nSPS) is 31.3. The van der Waals surface area contributed by atoms with E-state index in [1.54, 1.807) is 0 Å². The van der Waals surface area contributed by atoms with Crippen molar-refractivity contribution in [3.63, 3.8) is 0 Å². The lowest BCUT2D eigenvalue weighted by molar-refractivity contribution is 0.183. The van der Waals surface area contributed by atoms with Crippen LogP contribution in [-0.4, -0.2) is 23.7 Å². The Bertz CT molecular complexity index is 723. The van der Waals surface area contributed by atoms with Gasteiger partial charge in [0.25, 0.3) is 0 Å². The van der Waals surface area contributed by atoms with Crippen LogP contribution in [0.5, 0.6) is 0 Å². The summed E-state index contributed by atoms with van der Waals surface area (Å²) in [7, 11) is 0. The van der Waals surface area contributed by atoms with Gasteiger partial charge in [-0.15, -0.1) is 5.11 Å². The topological polar surface area (TPSA) is 31.2 Å². The second-order valence-corrected chi connectivity index (χ2v) is 6.90. The van der Waals surface area contributed by atoms with Crippen molar-refractivity contribution in [2.24, 2.45) is 16.1 Å². The summed E-state index contributed by atoms with van der Waals surface area (Å²) in [6, 6.07) is 7.26. The van der Waals surface area contributed by atoms with E-state index >= 15 is 0 Å². The smallest absolute Gasteiger partial charge is 0.169 e. The van der Waals surface area contributed by atoms with Crippen LogP contribution in [0.25, 0.3) is 0 Å². The first-order chi connectivity index (χ1) is 10.8. The summed E-state index contributed by atoms with van der Waals surface area (Å²) >= 11 is 6.23. The second kappa shape index (κ2) is 4.59. The summed E-state index contributed by atoms with van der Waals surface area (Å²) in [6.07, 6.45) is 10.1. The molecule has 0 amide bonds. The maximum Gasteiger partial charge on any atom is 0.169 e. The van der Waals surface area contributed by atoms with Gasteiger partial charge in [0, 0.05) is 34.9 Å². The van der Waals surface area contributed by atoms with Gasteiger partial charge >= 0.3 is 0 Å². The molecule has 3 aliphatic heterocycles. The van der Waals surface area contributed by atoms with E-state index in [4.69, 9.17) is 11.6 Å². The summed E-state index contributed by atoms with van der Waals surface area (Å²) < 4.78 is 0. The van der Waals surface area contributed by atoms with Gasteiger partial charge in [0.15, 0.2) is 5.82 Å². The minimum absolute atomic E-state index is 0.497. The van der Waals surface area contributed by atoms with Gasteiger partial charge in [0.05, 0.1) is 0 Å². The number of azo groups is 1. The summed E-state index contributed by atoms with van der Waals surface area (Å²) in [5.41, 5.74) is 2.63. The average molecular weight is 313 g/mol. The fraction of sp³-hybridized carbons (Fsp3) is 0.412. The third-order valence-electron chi connectivity index (χ3n) is 5.39. The fourth-order valence-electron chi connectivity index (χ4n) is 4.37. The van der Waals surface area contributed by atoms with Crippen molar-refractivity contribution in [2.45, 2.75) is 31.3 Å². The molecule has 112 valence electrons. The molecule has 3 heterocycles. The quantitative estimate of drug-likeness (QED) is 0.679. The van der Waals surface area contributed by atoms with Crippen LogP contribution in [0.3, 0.4) is 0 Å². The lowest BCUT2D eigenvalue weighted by Gasteiger charge is -2.38. The number of hydrogen-bond donors (Lipinski definition) is 0. The predicted octanol–water partition coefficient (Wildman–Crippen LogP) is 3.94. The van der Waals surface area contributed by atoms with Crippen LogP contribution in [0.2, 0.25) is 5.02 Å². The molecule has 1 aliphatic carbocycles. The maximum atomic E-state index is 6.23. The van der Waals surface area contributed by atoms with E-state index in [2.05, 4.69) is 50.5 Å². The highest BCUT2D eigenvalue weighted by atomic mass is 35.5. The SMILES string of the molecule is Clc1ccc2c(c1)N1C=C3N=NCN3C3CC=CCC3C1C2. The number of nitrogens with zero attached hydrogens (tertiary/aromatic N) is 4. The molecule has 0 bridgehead atoms. The fourth-order valence-corrected chi connectivity index (χ4v) is 4.54. The summed E-state index contributed by atoms with van der Waals surface area (Å²) in [4.78, 5) is 4.77. The van der Waals surface area contributed by atoms with E-state index < -0.39 is 0 Å². The molecule has 0 saturated heterocycles. The average Bonchev–Trinajstić information content (AvgIpc) is 3.10. The minimum atomic E-state index is 0.497. The minimum Gasteiger partial charge on any atom is -0.340 e. The third kappa shape index (κ3) is 1.70. The molecule has 4 aliphatic rings. The van der Waals surface area contributed by atoms with E-state index in [0.717, 1.165) is 30.1 Å². The Labute approximate surface area is 134 Å². The van der Waals surface area contributed by atoms with Crippen LogP contribution in [0.1, 0.15) is 18.4 Å². The molecule has 5 rings (SSSR count). The highest BCUT2D eigenvalue weighted by Crippen LogP contribution is 2.45. The Hall–Kier alpha value is -1.81. The van der Waals surface area contributed by atoms with Gasteiger partial charge in [-0.3, -0.25) is 0 Å². The molecule has 22 heavy (non-hydrogen) atoms. The van der Waals surface area contributed by atoms with Crippen molar-refractivity contribution in [1.29, 1.82) is 0 Å². The van der Waals surface area contributed by atoms with Gasteiger partial charge in [-0.1, -0.05) is 29.8 Å². The maximum absolute atomic E-state index is 6.23. The van der Waals surface area contributed by atoms with Gasteiger partial charge in [0.2, 0.25) is 0 Å². The molecule has 1 aromatic carbocycles. The van der Waals surface area contributed by atoms with E-state index in [-0.39, 0.29) is 0 Å². The first kappa shape index (κ1) is 12.7. The highest BCUT2D eigenvalue weighted by Gasteiger charge is 2.44. The molecule has 5 heteroatoms. The zero-order chi connectivity index (χ0) is 14.7. The van der Waals surface area contributed by atoms with Crippen LogP contribution < -0.4 is 4.90 Å².